The maximum atomic E-state index is 11.5. The van der Waals surface area contributed by atoms with Crippen molar-refractivity contribution in [1.82, 2.24) is 0 Å². The molecule has 22 heavy (non-hydrogen) atoms. The second-order valence-corrected chi connectivity index (χ2v) is 7.38. The highest BCUT2D eigenvalue weighted by Crippen LogP contribution is 2.38. The van der Waals surface area contributed by atoms with Crippen molar-refractivity contribution in [3.05, 3.63) is 10.9 Å². The molecule has 0 radical (unpaired) electrons. The van der Waals surface area contributed by atoms with Crippen molar-refractivity contribution in [3.63, 3.8) is 0 Å². The van der Waals surface area contributed by atoms with Crippen LogP contribution in [0.25, 0.3) is 0 Å². The fourth-order valence-electron chi connectivity index (χ4n) is 2.11. The quantitative estimate of drug-likeness (QED) is 0.613. The summed E-state index contributed by atoms with van der Waals surface area (Å²) in [5.74, 6) is 0.408. The van der Waals surface area contributed by atoms with Gasteiger partial charge in [0.2, 0.25) is 0 Å². The zero-order valence-electron chi connectivity index (χ0n) is 14.0. The molecule has 0 unspecified atom stereocenters. The third-order valence-electron chi connectivity index (χ3n) is 4.11. The molecule has 0 spiro atoms. The van der Waals surface area contributed by atoms with E-state index in [4.69, 9.17) is 18.8 Å². The van der Waals surface area contributed by atoms with Crippen molar-refractivity contribution in [1.29, 1.82) is 0 Å². The minimum Gasteiger partial charge on any atom is -0.493 e. The van der Waals surface area contributed by atoms with Gasteiger partial charge in [0.05, 0.1) is 36.2 Å². The minimum absolute atomic E-state index is 0.190. The molecule has 2 heterocycles. The van der Waals surface area contributed by atoms with Crippen LogP contribution in [0.2, 0.25) is 0 Å². The third kappa shape index (κ3) is 3.31. The average Bonchev–Trinajstić information content (AvgIpc) is 2.89. The number of hydrogen-bond acceptors (Lipinski definition) is 6. The maximum Gasteiger partial charge on any atom is 0.505 e. The lowest BCUT2D eigenvalue weighted by Gasteiger charge is -2.32. The standard InChI is InChI=1S/C15H23BO5S/c1-7-19-10-8-12(22-11(10)9-13(17)18-6)16-20-14(2,3)15(4,5)21-16/h8H,7,9H2,1-6H3. The number of hydrogen-bond donors (Lipinski definition) is 0. The monoisotopic (exact) mass is 326 g/mol. The molecule has 0 aliphatic carbocycles. The van der Waals surface area contributed by atoms with Gasteiger partial charge in [0, 0.05) is 4.78 Å². The van der Waals surface area contributed by atoms with Gasteiger partial charge in [-0.15, -0.1) is 11.3 Å². The van der Waals surface area contributed by atoms with Crippen molar-refractivity contribution < 1.29 is 23.6 Å². The highest BCUT2D eigenvalue weighted by atomic mass is 32.1. The van der Waals surface area contributed by atoms with Gasteiger partial charge in [-0.1, -0.05) is 0 Å². The molecule has 1 aromatic rings. The second kappa shape index (κ2) is 6.22. The van der Waals surface area contributed by atoms with Crippen LogP contribution in [0.5, 0.6) is 5.75 Å². The Kier molecular flexibility index (Phi) is 4.89. The fraction of sp³-hybridized carbons (Fsp3) is 0.667. The van der Waals surface area contributed by atoms with Crippen LogP contribution >= 0.6 is 11.3 Å². The van der Waals surface area contributed by atoms with E-state index in [0.29, 0.717) is 12.4 Å². The molecular weight excluding hydrogens is 303 g/mol. The van der Waals surface area contributed by atoms with Gasteiger partial charge in [0.1, 0.15) is 5.75 Å². The summed E-state index contributed by atoms with van der Waals surface area (Å²) in [7, 11) is 0.937. The third-order valence-corrected chi connectivity index (χ3v) is 5.25. The number of thiophene rings is 1. The molecule has 0 N–H and O–H groups in total. The van der Waals surface area contributed by atoms with Gasteiger partial charge in [-0.3, -0.25) is 4.79 Å². The van der Waals surface area contributed by atoms with Gasteiger partial charge in [-0.2, -0.15) is 0 Å². The lowest BCUT2D eigenvalue weighted by Crippen LogP contribution is -2.41. The van der Waals surface area contributed by atoms with Gasteiger partial charge in [-0.05, 0) is 40.7 Å². The molecule has 2 rings (SSSR count). The van der Waals surface area contributed by atoms with Gasteiger partial charge < -0.3 is 18.8 Å². The van der Waals surface area contributed by atoms with E-state index in [9.17, 15) is 4.79 Å². The lowest BCUT2D eigenvalue weighted by molar-refractivity contribution is -0.139. The molecular formula is C15H23BO5S. The molecule has 1 aliphatic rings. The zero-order valence-corrected chi connectivity index (χ0v) is 14.8. The van der Waals surface area contributed by atoms with Crippen LogP contribution in [0.15, 0.2) is 6.07 Å². The van der Waals surface area contributed by atoms with Crippen LogP contribution in [0.4, 0.5) is 0 Å². The number of rotatable bonds is 5. The molecule has 122 valence electrons. The van der Waals surface area contributed by atoms with Crippen molar-refractivity contribution in [3.8, 4) is 5.75 Å². The summed E-state index contributed by atoms with van der Waals surface area (Å²) in [5.41, 5.74) is -0.786. The SMILES string of the molecule is CCOc1cc(B2OC(C)(C)C(C)(C)O2)sc1CC(=O)OC. The summed E-state index contributed by atoms with van der Waals surface area (Å²) in [6.07, 6.45) is 0.190. The van der Waals surface area contributed by atoms with E-state index in [1.54, 1.807) is 0 Å². The number of esters is 1. The molecule has 0 amide bonds. The van der Waals surface area contributed by atoms with Crippen molar-refractivity contribution >= 4 is 29.2 Å². The van der Waals surface area contributed by atoms with Crippen LogP contribution in [0.1, 0.15) is 39.5 Å². The summed E-state index contributed by atoms with van der Waals surface area (Å²) < 4.78 is 23.3. The smallest absolute Gasteiger partial charge is 0.493 e. The van der Waals surface area contributed by atoms with Crippen molar-refractivity contribution in [2.45, 2.75) is 52.2 Å². The summed E-state index contributed by atoms with van der Waals surface area (Å²) in [5, 5.41) is 0. The number of carbonyl (C=O) groups excluding carboxylic acids is 1. The Labute approximate surface area is 136 Å². The summed E-state index contributed by atoms with van der Waals surface area (Å²) in [4.78, 5) is 12.4. The van der Waals surface area contributed by atoms with Crippen molar-refractivity contribution in [2.75, 3.05) is 13.7 Å². The Balaban J connectivity index is 2.25. The van der Waals surface area contributed by atoms with Gasteiger partial charge in [-0.25, -0.2) is 0 Å². The average molecular weight is 326 g/mol. The summed E-state index contributed by atoms with van der Waals surface area (Å²) in [6.45, 7) is 10.5. The van der Waals surface area contributed by atoms with E-state index in [1.165, 1.54) is 18.4 Å². The van der Waals surface area contributed by atoms with Crippen LogP contribution in [-0.2, 0) is 25.3 Å². The zero-order chi connectivity index (χ0) is 16.5. The van der Waals surface area contributed by atoms with E-state index in [2.05, 4.69) is 0 Å². The molecule has 0 atom stereocenters. The summed E-state index contributed by atoms with van der Waals surface area (Å²) >= 11 is 1.47. The van der Waals surface area contributed by atoms with Crippen molar-refractivity contribution in [2.24, 2.45) is 0 Å². The van der Waals surface area contributed by atoms with E-state index < -0.39 is 18.3 Å². The van der Waals surface area contributed by atoms with E-state index >= 15 is 0 Å². The number of ether oxygens (including phenoxy) is 2. The molecule has 1 saturated heterocycles. The fourth-order valence-corrected chi connectivity index (χ4v) is 3.16. The molecule has 0 aromatic carbocycles. The molecule has 1 aromatic heterocycles. The Hall–Kier alpha value is -1.05. The Morgan fingerprint density at radius 3 is 2.36 bits per heavy atom. The van der Waals surface area contributed by atoms with E-state index in [-0.39, 0.29) is 12.4 Å². The first-order valence-electron chi connectivity index (χ1n) is 7.38. The highest BCUT2D eigenvalue weighted by molar-refractivity contribution is 7.22. The van der Waals surface area contributed by atoms with Crippen LogP contribution < -0.4 is 9.51 Å². The molecule has 1 fully saturated rings. The largest absolute Gasteiger partial charge is 0.505 e. The first kappa shape index (κ1) is 17.3. The molecule has 5 nitrogen and oxygen atoms in total. The van der Waals surface area contributed by atoms with E-state index in [1.807, 2.05) is 40.7 Å². The Morgan fingerprint density at radius 2 is 1.86 bits per heavy atom. The Bertz CT molecular complexity index is 536. The second-order valence-electron chi connectivity index (χ2n) is 6.21. The van der Waals surface area contributed by atoms with Crippen LogP contribution in [-0.4, -0.2) is 38.0 Å². The highest BCUT2D eigenvalue weighted by Gasteiger charge is 2.52. The van der Waals surface area contributed by atoms with E-state index in [0.717, 1.165) is 9.65 Å². The predicted octanol–water partition coefficient (Wildman–Crippen LogP) is 2.16. The molecule has 7 heteroatoms. The first-order valence-corrected chi connectivity index (χ1v) is 8.19. The topological polar surface area (TPSA) is 54.0 Å². The maximum absolute atomic E-state index is 11.5. The van der Waals surface area contributed by atoms with Crippen LogP contribution in [0, 0.1) is 0 Å². The summed E-state index contributed by atoms with van der Waals surface area (Å²) in [6, 6.07) is 1.90. The molecule has 0 saturated carbocycles. The minimum atomic E-state index is -0.444. The predicted molar refractivity (Wildman–Crippen MR) is 86.9 cm³/mol. The van der Waals surface area contributed by atoms with Gasteiger partial charge >= 0.3 is 13.1 Å². The Morgan fingerprint density at radius 1 is 1.27 bits per heavy atom. The number of carbonyl (C=O) groups is 1. The van der Waals surface area contributed by atoms with Gasteiger partial charge in [0.25, 0.3) is 0 Å². The number of methoxy groups -OCH3 is 1. The lowest BCUT2D eigenvalue weighted by atomic mass is 9.88. The normalized spacial score (nSPS) is 19.3. The van der Waals surface area contributed by atoms with Crippen LogP contribution in [0.3, 0.4) is 0 Å². The molecule has 1 aliphatic heterocycles. The first-order chi connectivity index (χ1) is 10.2. The van der Waals surface area contributed by atoms with Gasteiger partial charge in [0.15, 0.2) is 0 Å². The molecule has 0 bridgehead atoms.